The molecule has 0 spiro atoms. The zero-order valence-corrected chi connectivity index (χ0v) is 15.1. The standard InChI is InChI=1S/C21H19F2N3O2/c22-13-5-6-15(17(23)11-13)21(28)24-9-7-20(27)26-10-8-19-16(12-26)14-3-1-2-4-18(14)25-19/h1-6,11,25H,7-10,12H2,(H,24,28). The first-order chi connectivity index (χ1) is 13.5. The van der Waals surface area contributed by atoms with Gasteiger partial charge in [-0.05, 0) is 18.2 Å². The number of amides is 2. The molecule has 1 aromatic heterocycles. The number of halogens is 2. The first-order valence-electron chi connectivity index (χ1n) is 9.12. The molecule has 1 aliphatic heterocycles. The first kappa shape index (κ1) is 18.2. The minimum Gasteiger partial charge on any atom is -0.358 e. The second-order valence-electron chi connectivity index (χ2n) is 6.82. The monoisotopic (exact) mass is 383 g/mol. The van der Waals surface area contributed by atoms with Gasteiger partial charge in [-0.15, -0.1) is 0 Å². The number of aromatic amines is 1. The number of benzene rings is 2. The fourth-order valence-corrected chi connectivity index (χ4v) is 3.59. The normalized spacial score (nSPS) is 13.4. The van der Waals surface area contributed by atoms with E-state index in [0.29, 0.717) is 19.2 Å². The molecule has 0 atom stereocenters. The number of rotatable bonds is 4. The summed E-state index contributed by atoms with van der Waals surface area (Å²) in [7, 11) is 0. The number of fused-ring (bicyclic) bond motifs is 3. The fraction of sp³-hybridized carbons (Fsp3) is 0.238. The Morgan fingerprint density at radius 2 is 1.96 bits per heavy atom. The number of H-pyrrole nitrogens is 1. The van der Waals surface area contributed by atoms with Gasteiger partial charge >= 0.3 is 0 Å². The van der Waals surface area contributed by atoms with E-state index in [9.17, 15) is 18.4 Å². The summed E-state index contributed by atoms with van der Waals surface area (Å²) in [5.41, 5.74) is 3.11. The quantitative estimate of drug-likeness (QED) is 0.727. The second-order valence-corrected chi connectivity index (χ2v) is 6.82. The van der Waals surface area contributed by atoms with E-state index < -0.39 is 17.5 Å². The van der Waals surface area contributed by atoms with Crippen LogP contribution < -0.4 is 5.32 Å². The summed E-state index contributed by atoms with van der Waals surface area (Å²) in [4.78, 5) is 29.7. The van der Waals surface area contributed by atoms with E-state index in [-0.39, 0.29) is 24.4 Å². The van der Waals surface area contributed by atoms with Crippen LogP contribution in [0.2, 0.25) is 0 Å². The molecule has 2 amide bonds. The number of nitrogens with zero attached hydrogens (tertiary/aromatic N) is 1. The van der Waals surface area contributed by atoms with Gasteiger partial charge in [0, 0.05) is 60.7 Å². The summed E-state index contributed by atoms with van der Waals surface area (Å²) < 4.78 is 26.6. The molecule has 144 valence electrons. The molecule has 28 heavy (non-hydrogen) atoms. The minimum atomic E-state index is -0.924. The lowest BCUT2D eigenvalue weighted by molar-refractivity contribution is -0.131. The van der Waals surface area contributed by atoms with Crippen molar-refractivity contribution in [3.63, 3.8) is 0 Å². The predicted molar refractivity (Wildman–Crippen MR) is 101 cm³/mol. The minimum absolute atomic E-state index is 0.0733. The Morgan fingerprint density at radius 3 is 2.79 bits per heavy atom. The summed E-state index contributed by atoms with van der Waals surface area (Å²) in [6, 6.07) is 10.8. The molecule has 2 heterocycles. The van der Waals surface area contributed by atoms with Gasteiger partial charge in [-0.2, -0.15) is 0 Å². The summed E-state index contributed by atoms with van der Waals surface area (Å²) in [6.45, 7) is 1.23. The summed E-state index contributed by atoms with van der Waals surface area (Å²) in [6.07, 6.45) is 0.870. The Morgan fingerprint density at radius 1 is 1.14 bits per heavy atom. The van der Waals surface area contributed by atoms with Crippen LogP contribution in [0, 0.1) is 11.6 Å². The van der Waals surface area contributed by atoms with Crippen molar-refractivity contribution in [3.05, 3.63) is 70.9 Å². The Labute approximate surface area is 160 Å². The molecule has 1 aliphatic rings. The third-order valence-corrected chi connectivity index (χ3v) is 5.04. The Bertz CT molecular complexity index is 1060. The van der Waals surface area contributed by atoms with E-state index in [1.807, 2.05) is 24.3 Å². The zero-order chi connectivity index (χ0) is 19.7. The van der Waals surface area contributed by atoms with E-state index in [2.05, 4.69) is 10.3 Å². The molecule has 0 aliphatic carbocycles. The van der Waals surface area contributed by atoms with Crippen molar-refractivity contribution in [1.82, 2.24) is 15.2 Å². The van der Waals surface area contributed by atoms with E-state index in [0.717, 1.165) is 40.7 Å². The maximum Gasteiger partial charge on any atom is 0.254 e. The van der Waals surface area contributed by atoms with Gasteiger partial charge in [-0.25, -0.2) is 8.78 Å². The van der Waals surface area contributed by atoms with Crippen LogP contribution in [0.1, 0.15) is 28.0 Å². The molecule has 0 radical (unpaired) electrons. The maximum atomic E-state index is 13.6. The van der Waals surface area contributed by atoms with Crippen molar-refractivity contribution in [2.75, 3.05) is 13.1 Å². The third kappa shape index (κ3) is 3.47. The number of carbonyl (C=O) groups is 2. The highest BCUT2D eigenvalue weighted by Crippen LogP contribution is 2.27. The molecule has 2 N–H and O–H groups in total. The summed E-state index contributed by atoms with van der Waals surface area (Å²) in [5, 5.41) is 3.64. The van der Waals surface area contributed by atoms with E-state index in [1.54, 1.807) is 4.90 Å². The molecule has 0 bridgehead atoms. The van der Waals surface area contributed by atoms with Crippen LogP contribution in [0.3, 0.4) is 0 Å². The smallest absolute Gasteiger partial charge is 0.254 e. The van der Waals surface area contributed by atoms with Crippen LogP contribution in [-0.2, 0) is 17.8 Å². The molecular weight excluding hydrogens is 364 g/mol. The molecule has 4 rings (SSSR count). The van der Waals surface area contributed by atoms with E-state index in [4.69, 9.17) is 0 Å². The van der Waals surface area contributed by atoms with Gasteiger partial charge in [0.1, 0.15) is 11.6 Å². The topological polar surface area (TPSA) is 65.2 Å². The van der Waals surface area contributed by atoms with E-state index in [1.165, 1.54) is 0 Å². The number of hydrogen-bond acceptors (Lipinski definition) is 2. The van der Waals surface area contributed by atoms with Crippen molar-refractivity contribution in [2.45, 2.75) is 19.4 Å². The molecule has 5 nitrogen and oxygen atoms in total. The van der Waals surface area contributed by atoms with Gasteiger partial charge < -0.3 is 15.2 Å². The van der Waals surface area contributed by atoms with Crippen LogP contribution >= 0.6 is 0 Å². The van der Waals surface area contributed by atoms with Crippen molar-refractivity contribution in [3.8, 4) is 0 Å². The lowest BCUT2D eigenvalue weighted by Crippen LogP contribution is -2.38. The number of carbonyl (C=O) groups excluding carboxylic acids is 2. The number of nitrogens with one attached hydrogen (secondary N) is 2. The molecule has 7 heteroatoms. The third-order valence-electron chi connectivity index (χ3n) is 5.04. The average Bonchev–Trinajstić information content (AvgIpc) is 3.05. The molecule has 0 unspecified atom stereocenters. The molecule has 0 saturated carbocycles. The highest BCUT2D eigenvalue weighted by Gasteiger charge is 2.23. The highest BCUT2D eigenvalue weighted by atomic mass is 19.1. The van der Waals surface area contributed by atoms with Gasteiger partial charge in [0.05, 0.1) is 5.56 Å². The Hall–Kier alpha value is -3.22. The van der Waals surface area contributed by atoms with Crippen LogP contribution in [0.4, 0.5) is 8.78 Å². The van der Waals surface area contributed by atoms with Crippen LogP contribution in [0.25, 0.3) is 10.9 Å². The van der Waals surface area contributed by atoms with Gasteiger partial charge in [-0.3, -0.25) is 9.59 Å². The van der Waals surface area contributed by atoms with Crippen LogP contribution in [0.5, 0.6) is 0 Å². The van der Waals surface area contributed by atoms with Gasteiger partial charge in [0.2, 0.25) is 5.91 Å². The lowest BCUT2D eigenvalue weighted by atomic mass is 10.0. The lowest BCUT2D eigenvalue weighted by Gasteiger charge is -2.27. The fourth-order valence-electron chi connectivity index (χ4n) is 3.59. The number of hydrogen-bond donors (Lipinski definition) is 2. The van der Waals surface area contributed by atoms with Crippen molar-refractivity contribution < 1.29 is 18.4 Å². The van der Waals surface area contributed by atoms with Crippen molar-refractivity contribution >= 4 is 22.7 Å². The first-order valence-corrected chi connectivity index (χ1v) is 9.12. The Balaban J connectivity index is 1.35. The second kappa shape index (κ2) is 7.42. The molecule has 3 aromatic rings. The molecule has 0 saturated heterocycles. The zero-order valence-electron chi connectivity index (χ0n) is 15.1. The molecular formula is C21H19F2N3O2. The number of para-hydroxylation sites is 1. The van der Waals surface area contributed by atoms with E-state index >= 15 is 0 Å². The van der Waals surface area contributed by atoms with Gasteiger partial charge in [-0.1, -0.05) is 18.2 Å². The summed E-state index contributed by atoms with van der Waals surface area (Å²) in [5.74, 6) is -2.41. The van der Waals surface area contributed by atoms with Crippen molar-refractivity contribution in [1.29, 1.82) is 0 Å². The van der Waals surface area contributed by atoms with Gasteiger partial charge in [0.25, 0.3) is 5.91 Å². The SMILES string of the molecule is O=C(NCCC(=O)N1CCc2[nH]c3ccccc3c2C1)c1ccc(F)cc1F. The summed E-state index contributed by atoms with van der Waals surface area (Å²) >= 11 is 0. The highest BCUT2D eigenvalue weighted by molar-refractivity contribution is 5.94. The van der Waals surface area contributed by atoms with Gasteiger partial charge in [0.15, 0.2) is 0 Å². The number of aromatic nitrogens is 1. The molecule has 0 fully saturated rings. The van der Waals surface area contributed by atoms with Crippen molar-refractivity contribution in [2.24, 2.45) is 0 Å². The largest absolute Gasteiger partial charge is 0.358 e. The predicted octanol–water partition coefficient (Wildman–Crippen LogP) is 3.15. The molecule has 2 aromatic carbocycles. The van der Waals surface area contributed by atoms with Crippen LogP contribution in [-0.4, -0.2) is 34.8 Å². The Kier molecular flexibility index (Phi) is 4.81. The maximum absolute atomic E-state index is 13.6. The average molecular weight is 383 g/mol. The van der Waals surface area contributed by atoms with Crippen LogP contribution in [0.15, 0.2) is 42.5 Å².